The van der Waals surface area contributed by atoms with E-state index in [0.717, 1.165) is 25.8 Å². The third-order valence-electron chi connectivity index (χ3n) is 2.83. The molecule has 0 fully saturated rings. The van der Waals surface area contributed by atoms with Gasteiger partial charge in [0.2, 0.25) is 0 Å². The molecule has 0 radical (unpaired) electrons. The topological polar surface area (TPSA) is 46.2 Å². The molecule has 0 aromatic carbocycles. The summed E-state index contributed by atoms with van der Waals surface area (Å²) in [6, 6.07) is 4.63. The molecule has 5 heteroatoms. The molecule has 1 aromatic heterocycles. The zero-order chi connectivity index (χ0) is 13.6. The van der Waals surface area contributed by atoms with E-state index in [1.165, 1.54) is 16.0 Å². The van der Waals surface area contributed by atoms with E-state index < -0.39 is 9.84 Å². The van der Waals surface area contributed by atoms with Crippen LogP contribution in [0.3, 0.4) is 0 Å². The SMILES string of the molecule is CCNC(CCCS(C)(=O)=O)c1ccc(CC)s1. The summed E-state index contributed by atoms with van der Waals surface area (Å²) in [5.74, 6) is 0.279. The van der Waals surface area contributed by atoms with Crippen molar-refractivity contribution in [2.45, 2.75) is 39.2 Å². The summed E-state index contributed by atoms with van der Waals surface area (Å²) in [7, 11) is -2.84. The van der Waals surface area contributed by atoms with E-state index in [1.807, 2.05) is 11.3 Å². The first-order valence-corrected chi connectivity index (χ1v) is 9.33. The Hall–Kier alpha value is -0.390. The lowest BCUT2D eigenvalue weighted by Gasteiger charge is -2.16. The molecule has 104 valence electrons. The number of thiophene rings is 1. The van der Waals surface area contributed by atoms with Gasteiger partial charge < -0.3 is 5.32 Å². The minimum Gasteiger partial charge on any atom is -0.310 e. The largest absolute Gasteiger partial charge is 0.310 e. The number of rotatable bonds is 8. The fourth-order valence-corrected chi connectivity index (χ4v) is 3.67. The smallest absolute Gasteiger partial charge is 0.147 e. The van der Waals surface area contributed by atoms with E-state index in [-0.39, 0.29) is 5.75 Å². The maximum Gasteiger partial charge on any atom is 0.147 e. The monoisotopic (exact) mass is 289 g/mol. The van der Waals surface area contributed by atoms with Crippen LogP contribution in [0.5, 0.6) is 0 Å². The third-order valence-corrected chi connectivity index (χ3v) is 5.21. The molecule has 0 aliphatic rings. The lowest BCUT2D eigenvalue weighted by atomic mass is 10.1. The fourth-order valence-electron chi connectivity index (χ4n) is 1.91. The highest BCUT2D eigenvalue weighted by Gasteiger charge is 2.13. The van der Waals surface area contributed by atoms with Crippen LogP contribution >= 0.6 is 11.3 Å². The molecule has 1 heterocycles. The molecule has 0 aliphatic heterocycles. The Morgan fingerprint density at radius 3 is 2.56 bits per heavy atom. The first-order chi connectivity index (χ1) is 8.46. The predicted molar refractivity (Wildman–Crippen MR) is 79.1 cm³/mol. The normalized spacial score (nSPS) is 13.7. The Morgan fingerprint density at radius 1 is 1.33 bits per heavy atom. The van der Waals surface area contributed by atoms with Crippen LogP contribution in [0.25, 0.3) is 0 Å². The minimum atomic E-state index is -2.84. The molecule has 0 aliphatic carbocycles. The zero-order valence-electron chi connectivity index (χ0n) is 11.4. The zero-order valence-corrected chi connectivity index (χ0v) is 13.0. The van der Waals surface area contributed by atoms with Crippen molar-refractivity contribution in [2.24, 2.45) is 0 Å². The summed E-state index contributed by atoms with van der Waals surface area (Å²) in [5, 5.41) is 3.44. The van der Waals surface area contributed by atoms with Crippen molar-refractivity contribution in [2.75, 3.05) is 18.6 Å². The second-order valence-electron chi connectivity index (χ2n) is 4.54. The first kappa shape index (κ1) is 15.7. The van der Waals surface area contributed by atoms with Crippen molar-refractivity contribution in [1.29, 1.82) is 0 Å². The highest BCUT2D eigenvalue weighted by atomic mass is 32.2. The summed E-state index contributed by atoms with van der Waals surface area (Å²) in [6.45, 7) is 5.14. The second-order valence-corrected chi connectivity index (χ2v) is 8.00. The van der Waals surface area contributed by atoms with E-state index in [4.69, 9.17) is 0 Å². The molecule has 0 saturated carbocycles. The van der Waals surface area contributed by atoms with Gasteiger partial charge in [-0.05, 0) is 37.9 Å². The van der Waals surface area contributed by atoms with Gasteiger partial charge in [-0.3, -0.25) is 0 Å². The molecule has 0 saturated heterocycles. The van der Waals surface area contributed by atoms with Gasteiger partial charge in [0.05, 0.1) is 0 Å². The molecule has 1 N–H and O–H groups in total. The molecular formula is C13H23NO2S2. The van der Waals surface area contributed by atoms with Crippen molar-refractivity contribution in [3.63, 3.8) is 0 Å². The van der Waals surface area contributed by atoms with Gasteiger partial charge in [-0.25, -0.2) is 8.42 Å². The molecular weight excluding hydrogens is 266 g/mol. The van der Waals surface area contributed by atoms with Crippen molar-refractivity contribution in [3.05, 3.63) is 21.9 Å². The van der Waals surface area contributed by atoms with Gasteiger partial charge in [0.1, 0.15) is 9.84 Å². The van der Waals surface area contributed by atoms with Crippen LogP contribution in [0.1, 0.15) is 42.5 Å². The average Bonchev–Trinajstić information content (AvgIpc) is 2.74. The maximum absolute atomic E-state index is 11.1. The number of hydrogen-bond acceptors (Lipinski definition) is 4. The number of hydrogen-bond donors (Lipinski definition) is 1. The quantitative estimate of drug-likeness (QED) is 0.800. The molecule has 0 bridgehead atoms. The lowest BCUT2D eigenvalue weighted by Crippen LogP contribution is -2.20. The second kappa shape index (κ2) is 7.26. The van der Waals surface area contributed by atoms with Crippen LogP contribution in [0.15, 0.2) is 12.1 Å². The van der Waals surface area contributed by atoms with E-state index in [2.05, 4.69) is 31.3 Å². The van der Waals surface area contributed by atoms with Crippen LogP contribution in [-0.4, -0.2) is 27.0 Å². The van der Waals surface area contributed by atoms with E-state index in [0.29, 0.717) is 6.04 Å². The van der Waals surface area contributed by atoms with Crippen LogP contribution < -0.4 is 5.32 Å². The summed E-state index contributed by atoms with van der Waals surface area (Å²) in [6.07, 6.45) is 3.96. The van der Waals surface area contributed by atoms with Gasteiger partial charge in [0.15, 0.2) is 0 Å². The van der Waals surface area contributed by atoms with Gasteiger partial charge >= 0.3 is 0 Å². The number of nitrogens with one attached hydrogen (secondary N) is 1. The number of sulfone groups is 1. The van der Waals surface area contributed by atoms with Gasteiger partial charge in [-0.15, -0.1) is 11.3 Å². The van der Waals surface area contributed by atoms with Crippen molar-refractivity contribution >= 4 is 21.2 Å². The lowest BCUT2D eigenvalue weighted by molar-refractivity contribution is 0.514. The Bertz CT molecular complexity index is 451. The van der Waals surface area contributed by atoms with Crippen LogP contribution in [0.4, 0.5) is 0 Å². The summed E-state index contributed by atoms with van der Waals surface area (Å²) < 4.78 is 22.3. The Morgan fingerprint density at radius 2 is 2.06 bits per heavy atom. The van der Waals surface area contributed by atoms with Crippen LogP contribution in [0.2, 0.25) is 0 Å². The molecule has 1 unspecified atom stereocenters. The molecule has 0 spiro atoms. The molecule has 3 nitrogen and oxygen atoms in total. The van der Waals surface area contributed by atoms with Gasteiger partial charge in [-0.1, -0.05) is 13.8 Å². The van der Waals surface area contributed by atoms with Crippen LogP contribution in [0, 0.1) is 0 Å². The first-order valence-electron chi connectivity index (χ1n) is 6.46. The van der Waals surface area contributed by atoms with Gasteiger partial charge in [-0.2, -0.15) is 0 Å². The van der Waals surface area contributed by atoms with E-state index in [9.17, 15) is 8.42 Å². The standard InChI is InChI=1S/C13H23NO2S2/c1-4-11-8-9-13(17-11)12(14-5-2)7-6-10-18(3,15)16/h8-9,12,14H,4-7,10H2,1-3H3. The minimum absolute atomic E-state index is 0.279. The van der Waals surface area contributed by atoms with Crippen molar-refractivity contribution < 1.29 is 8.42 Å². The maximum atomic E-state index is 11.1. The van der Waals surface area contributed by atoms with E-state index in [1.54, 1.807) is 0 Å². The summed E-state index contributed by atoms with van der Waals surface area (Å²) in [4.78, 5) is 2.71. The Balaban J connectivity index is 2.59. The van der Waals surface area contributed by atoms with E-state index >= 15 is 0 Å². The summed E-state index contributed by atoms with van der Waals surface area (Å²) in [5.41, 5.74) is 0. The van der Waals surface area contributed by atoms with Crippen LogP contribution in [-0.2, 0) is 16.3 Å². The molecule has 18 heavy (non-hydrogen) atoms. The Kier molecular flexibility index (Phi) is 6.32. The molecule has 0 amide bonds. The van der Waals surface area contributed by atoms with Gasteiger partial charge in [0.25, 0.3) is 0 Å². The summed E-state index contributed by atoms with van der Waals surface area (Å²) >= 11 is 1.83. The highest BCUT2D eigenvalue weighted by Crippen LogP contribution is 2.27. The number of aryl methyl sites for hydroxylation is 1. The highest BCUT2D eigenvalue weighted by molar-refractivity contribution is 7.90. The fraction of sp³-hybridized carbons (Fsp3) is 0.692. The average molecular weight is 289 g/mol. The predicted octanol–water partition coefficient (Wildman–Crippen LogP) is 2.79. The van der Waals surface area contributed by atoms with Crippen molar-refractivity contribution in [3.8, 4) is 0 Å². The Labute approximate surface area is 115 Å². The molecule has 1 rings (SSSR count). The molecule has 1 aromatic rings. The molecule has 1 atom stereocenters. The van der Waals surface area contributed by atoms with Gasteiger partial charge in [0, 0.05) is 27.8 Å². The van der Waals surface area contributed by atoms with Crippen molar-refractivity contribution in [1.82, 2.24) is 5.32 Å². The third kappa shape index (κ3) is 5.50.